The zero-order valence-corrected chi connectivity index (χ0v) is 15.9. The van der Waals surface area contributed by atoms with E-state index in [1.54, 1.807) is 36.4 Å². The third-order valence-electron chi connectivity index (χ3n) is 5.78. The summed E-state index contributed by atoms with van der Waals surface area (Å²) in [5.74, 6) is 0.0455. The maximum atomic E-state index is 12.4. The molecule has 1 amide bonds. The van der Waals surface area contributed by atoms with E-state index in [4.69, 9.17) is 9.15 Å². The van der Waals surface area contributed by atoms with E-state index < -0.39 is 0 Å². The highest BCUT2D eigenvalue weighted by Crippen LogP contribution is 2.31. The number of carbonyl (C=O) groups excluding carboxylic acids is 2. The van der Waals surface area contributed by atoms with E-state index in [0.717, 1.165) is 6.42 Å². The van der Waals surface area contributed by atoms with E-state index in [9.17, 15) is 9.59 Å². The number of hydrogen-bond donors (Lipinski definition) is 1. The molecule has 28 heavy (non-hydrogen) atoms. The SMILES string of the molecule is O=C(OC[C@@H]1CCCN2CCCC[C@H]12)c1ccc(NC(=O)c2ccco2)cc1. The largest absolute Gasteiger partial charge is 0.462 e. The minimum Gasteiger partial charge on any atom is -0.462 e. The number of hydrogen-bond acceptors (Lipinski definition) is 5. The van der Waals surface area contributed by atoms with Gasteiger partial charge in [0.1, 0.15) is 0 Å². The van der Waals surface area contributed by atoms with Crippen molar-refractivity contribution in [2.45, 2.75) is 38.1 Å². The molecule has 6 nitrogen and oxygen atoms in total. The van der Waals surface area contributed by atoms with Crippen LogP contribution in [0.15, 0.2) is 47.1 Å². The molecule has 0 unspecified atom stereocenters. The summed E-state index contributed by atoms with van der Waals surface area (Å²) in [6.45, 7) is 2.84. The van der Waals surface area contributed by atoms with Crippen LogP contribution in [0.3, 0.4) is 0 Å². The van der Waals surface area contributed by atoms with Crippen molar-refractivity contribution in [3.63, 3.8) is 0 Å². The molecule has 148 valence electrons. The van der Waals surface area contributed by atoms with Gasteiger partial charge in [0.25, 0.3) is 5.91 Å². The molecule has 3 heterocycles. The van der Waals surface area contributed by atoms with Crippen LogP contribution in [0.1, 0.15) is 53.0 Å². The highest BCUT2D eigenvalue weighted by atomic mass is 16.5. The van der Waals surface area contributed by atoms with E-state index in [1.807, 2.05) is 0 Å². The van der Waals surface area contributed by atoms with Crippen molar-refractivity contribution in [1.29, 1.82) is 0 Å². The van der Waals surface area contributed by atoms with Crippen molar-refractivity contribution in [2.24, 2.45) is 5.92 Å². The predicted octanol–water partition coefficient (Wildman–Crippen LogP) is 3.95. The Morgan fingerprint density at radius 1 is 1.07 bits per heavy atom. The molecule has 6 heteroatoms. The Labute approximate surface area is 164 Å². The minimum absolute atomic E-state index is 0.243. The molecule has 0 bridgehead atoms. The second kappa shape index (κ2) is 8.61. The van der Waals surface area contributed by atoms with Gasteiger partial charge in [0, 0.05) is 17.6 Å². The summed E-state index contributed by atoms with van der Waals surface area (Å²) < 4.78 is 10.7. The van der Waals surface area contributed by atoms with Crippen LogP contribution in [-0.2, 0) is 4.74 Å². The molecule has 0 radical (unpaired) electrons. The normalized spacial score (nSPS) is 22.3. The monoisotopic (exact) mass is 382 g/mol. The number of carbonyl (C=O) groups is 2. The lowest BCUT2D eigenvalue weighted by atomic mass is 9.84. The number of amides is 1. The Morgan fingerprint density at radius 2 is 1.89 bits per heavy atom. The van der Waals surface area contributed by atoms with Gasteiger partial charge in [0.15, 0.2) is 5.76 Å². The van der Waals surface area contributed by atoms with Gasteiger partial charge >= 0.3 is 5.97 Å². The molecule has 2 fully saturated rings. The summed E-state index contributed by atoms with van der Waals surface area (Å²) in [5, 5.41) is 2.73. The summed E-state index contributed by atoms with van der Waals surface area (Å²) in [6, 6.07) is 10.6. The molecule has 0 saturated carbocycles. The van der Waals surface area contributed by atoms with E-state index >= 15 is 0 Å². The number of anilines is 1. The van der Waals surface area contributed by atoms with Gasteiger partial charge in [-0.25, -0.2) is 4.79 Å². The Kier molecular flexibility index (Phi) is 5.76. The molecule has 1 aromatic heterocycles. The van der Waals surface area contributed by atoms with Crippen molar-refractivity contribution in [3.05, 3.63) is 54.0 Å². The van der Waals surface area contributed by atoms with E-state index in [-0.39, 0.29) is 17.6 Å². The number of piperidine rings is 2. The lowest BCUT2D eigenvalue weighted by Crippen LogP contribution is -2.49. The van der Waals surface area contributed by atoms with Crippen LogP contribution in [0.2, 0.25) is 0 Å². The average molecular weight is 382 g/mol. The smallest absolute Gasteiger partial charge is 0.338 e. The Balaban J connectivity index is 1.30. The van der Waals surface area contributed by atoms with Gasteiger partial charge in [0.05, 0.1) is 18.4 Å². The summed E-state index contributed by atoms with van der Waals surface area (Å²) >= 11 is 0. The standard InChI is InChI=1S/C22H26N2O4/c25-21(20-7-4-14-27-20)23-18-10-8-16(9-11-18)22(26)28-15-17-5-3-13-24-12-2-1-6-19(17)24/h4,7-11,14,17,19H,1-3,5-6,12-13,15H2,(H,23,25)/t17-,19+/m0/s1. The van der Waals surface area contributed by atoms with Crippen LogP contribution < -0.4 is 5.32 Å². The first-order valence-corrected chi connectivity index (χ1v) is 10.1. The summed E-state index contributed by atoms with van der Waals surface area (Å²) in [5.41, 5.74) is 1.09. The molecule has 0 spiro atoms. The van der Waals surface area contributed by atoms with Crippen molar-refractivity contribution in [3.8, 4) is 0 Å². The lowest BCUT2D eigenvalue weighted by Gasteiger charge is -2.44. The van der Waals surface area contributed by atoms with Crippen molar-refractivity contribution in [1.82, 2.24) is 4.90 Å². The fraction of sp³-hybridized carbons (Fsp3) is 0.455. The molecular formula is C22H26N2O4. The first kappa shape index (κ1) is 18.7. The quantitative estimate of drug-likeness (QED) is 0.793. The molecular weight excluding hydrogens is 356 g/mol. The molecule has 4 rings (SSSR count). The van der Waals surface area contributed by atoms with Crippen LogP contribution in [-0.4, -0.2) is 42.5 Å². The van der Waals surface area contributed by atoms with Gasteiger partial charge in [-0.2, -0.15) is 0 Å². The summed E-state index contributed by atoms with van der Waals surface area (Å²) in [4.78, 5) is 27.0. The number of nitrogens with one attached hydrogen (secondary N) is 1. The fourth-order valence-corrected chi connectivity index (χ4v) is 4.33. The lowest BCUT2D eigenvalue weighted by molar-refractivity contribution is 0.00739. The number of furan rings is 1. The highest BCUT2D eigenvalue weighted by Gasteiger charge is 2.33. The summed E-state index contributed by atoms with van der Waals surface area (Å²) in [6.07, 6.45) is 7.54. The van der Waals surface area contributed by atoms with Gasteiger partial charge in [0.2, 0.25) is 0 Å². The number of nitrogens with zero attached hydrogens (tertiary/aromatic N) is 1. The molecule has 2 saturated heterocycles. The maximum Gasteiger partial charge on any atom is 0.338 e. The zero-order valence-electron chi connectivity index (χ0n) is 15.9. The topological polar surface area (TPSA) is 71.8 Å². The van der Waals surface area contributed by atoms with Crippen molar-refractivity contribution in [2.75, 3.05) is 25.0 Å². The van der Waals surface area contributed by atoms with Gasteiger partial charge < -0.3 is 14.5 Å². The van der Waals surface area contributed by atoms with Crippen LogP contribution in [0.4, 0.5) is 5.69 Å². The molecule has 1 aromatic carbocycles. The third-order valence-corrected chi connectivity index (χ3v) is 5.78. The summed E-state index contributed by atoms with van der Waals surface area (Å²) in [7, 11) is 0. The first-order valence-electron chi connectivity index (χ1n) is 10.1. The minimum atomic E-state index is -0.324. The molecule has 2 aromatic rings. The van der Waals surface area contributed by atoms with Crippen LogP contribution in [0.25, 0.3) is 0 Å². The van der Waals surface area contributed by atoms with Gasteiger partial charge in [-0.05, 0) is 75.2 Å². The maximum absolute atomic E-state index is 12.4. The highest BCUT2D eigenvalue weighted by molar-refractivity contribution is 6.02. The number of fused-ring (bicyclic) bond motifs is 1. The van der Waals surface area contributed by atoms with Crippen molar-refractivity contribution >= 4 is 17.6 Å². The van der Waals surface area contributed by atoms with Crippen LogP contribution in [0.5, 0.6) is 0 Å². The number of esters is 1. The first-order chi connectivity index (χ1) is 13.7. The Morgan fingerprint density at radius 3 is 2.68 bits per heavy atom. The number of benzene rings is 1. The van der Waals surface area contributed by atoms with Crippen LogP contribution >= 0.6 is 0 Å². The Bertz CT molecular complexity index is 798. The molecule has 0 aliphatic carbocycles. The number of rotatable bonds is 5. The van der Waals surface area contributed by atoms with E-state index in [2.05, 4.69) is 10.2 Å². The average Bonchev–Trinajstić information content (AvgIpc) is 3.27. The molecule has 2 aliphatic heterocycles. The van der Waals surface area contributed by atoms with Gasteiger partial charge in [-0.1, -0.05) is 6.42 Å². The molecule has 1 N–H and O–H groups in total. The van der Waals surface area contributed by atoms with Gasteiger partial charge in [-0.3, -0.25) is 9.69 Å². The predicted molar refractivity (Wildman–Crippen MR) is 105 cm³/mol. The Hall–Kier alpha value is -2.60. The van der Waals surface area contributed by atoms with Crippen molar-refractivity contribution < 1.29 is 18.7 Å². The molecule has 2 aliphatic rings. The number of ether oxygens (including phenoxy) is 1. The van der Waals surface area contributed by atoms with E-state index in [1.165, 1.54) is 45.0 Å². The fourth-order valence-electron chi connectivity index (χ4n) is 4.33. The van der Waals surface area contributed by atoms with Gasteiger partial charge in [-0.15, -0.1) is 0 Å². The third kappa shape index (κ3) is 4.28. The van der Waals surface area contributed by atoms with Crippen LogP contribution in [0, 0.1) is 5.92 Å². The second-order valence-corrected chi connectivity index (χ2v) is 7.61. The molecule has 2 atom stereocenters. The zero-order chi connectivity index (χ0) is 19.3. The van der Waals surface area contributed by atoms with E-state index in [0.29, 0.717) is 29.8 Å². The second-order valence-electron chi connectivity index (χ2n) is 7.61.